The second-order valence-corrected chi connectivity index (χ2v) is 3.91. The lowest BCUT2D eigenvalue weighted by molar-refractivity contribution is -0.137. The van der Waals surface area contributed by atoms with E-state index in [1.165, 1.54) is 6.92 Å². The molecule has 1 atom stereocenters. The van der Waals surface area contributed by atoms with Gasteiger partial charge in [0.1, 0.15) is 5.38 Å². The van der Waals surface area contributed by atoms with Crippen LogP contribution in [-0.2, 0) is 9.59 Å². The lowest BCUT2D eigenvalue weighted by Crippen LogP contribution is -2.61. The summed E-state index contributed by atoms with van der Waals surface area (Å²) < 4.78 is 0. The number of amides is 2. The summed E-state index contributed by atoms with van der Waals surface area (Å²) in [6.45, 7) is 4.27. The fourth-order valence-corrected chi connectivity index (χ4v) is 1.43. The van der Waals surface area contributed by atoms with Crippen molar-refractivity contribution in [3.63, 3.8) is 0 Å². The van der Waals surface area contributed by atoms with Crippen molar-refractivity contribution in [3.05, 3.63) is 0 Å². The molecular weight excluding hydrogens is 192 g/mol. The number of rotatable bonds is 2. The molecule has 1 heterocycles. The van der Waals surface area contributed by atoms with Gasteiger partial charge in [-0.2, -0.15) is 0 Å². The van der Waals surface area contributed by atoms with Crippen LogP contribution in [0.4, 0.5) is 0 Å². The molecule has 1 saturated heterocycles. The monoisotopic (exact) mass is 204 g/mol. The van der Waals surface area contributed by atoms with E-state index in [1.807, 2.05) is 0 Å². The van der Waals surface area contributed by atoms with Gasteiger partial charge in [-0.15, -0.1) is 11.6 Å². The van der Waals surface area contributed by atoms with Gasteiger partial charge in [-0.3, -0.25) is 9.59 Å². The summed E-state index contributed by atoms with van der Waals surface area (Å²) in [6, 6.07) is 0.108. The van der Waals surface area contributed by atoms with Crippen molar-refractivity contribution in [3.8, 4) is 0 Å². The summed E-state index contributed by atoms with van der Waals surface area (Å²) in [7, 11) is 0. The normalized spacial score (nSPS) is 19.2. The minimum absolute atomic E-state index is 0.0592. The Labute approximate surface area is 82.2 Å². The molecule has 0 radical (unpaired) electrons. The van der Waals surface area contributed by atoms with Crippen molar-refractivity contribution < 1.29 is 9.59 Å². The van der Waals surface area contributed by atoms with Crippen LogP contribution in [0.1, 0.15) is 13.8 Å². The maximum Gasteiger partial charge on any atom is 0.240 e. The molecule has 0 aromatic carbocycles. The fraction of sp³-hybridized carbons (Fsp3) is 0.750. The Kier molecular flexibility index (Phi) is 3.14. The molecule has 0 aromatic rings. The van der Waals surface area contributed by atoms with Crippen LogP contribution < -0.4 is 5.32 Å². The summed E-state index contributed by atoms with van der Waals surface area (Å²) in [4.78, 5) is 23.5. The highest BCUT2D eigenvalue weighted by molar-refractivity contribution is 6.30. The Morgan fingerprint density at radius 1 is 1.54 bits per heavy atom. The van der Waals surface area contributed by atoms with Crippen molar-refractivity contribution in [2.45, 2.75) is 25.3 Å². The topological polar surface area (TPSA) is 49.4 Å². The standard InChI is InChI=1S/C8H13ClN2O2/c1-5(9)8(13)11-3-7(4-11)10-6(2)12/h5,7H,3-4H2,1-2H3,(H,10,12). The van der Waals surface area contributed by atoms with Gasteiger partial charge in [0.25, 0.3) is 0 Å². The average Bonchev–Trinajstić information content (AvgIpc) is 1.94. The molecule has 1 unspecified atom stereocenters. The molecule has 0 aromatic heterocycles. The van der Waals surface area contributed by atoms with Gasteiger partial charge in [0.15, 0.2) is 0 Å². The molecule has 0 bridgehead atoms. The number of carbonyl (C=O) groups excluding carboxylic acids is 2. The first-order valence-electron chi connectivity index (χ1n) is 4.20. The summed E-state index contributed by atoms with van der Waals surface area (Å²) in [5.41, 5.74) is 0. The Hall–Kier alpha value is -0.770. The van der Waals surface area contributed by atoms with E-state index in [0.29, 0.717) is 13.1 Å². The van der Waals surface area contributed by atoms with Crippen LogP contribution in [-0.4, -0.2) is 41.2 Å². The van der Waals surface area contributed by atoms with Crippen molar-refractivity contribution in [2.75, 3.05) is 13.1 Å². The van der Waals surface area contributed by atoms with Gasteiger partial charge in [0.2, 0.25) is 11.8 Å². The molecule has 4 nitrogen and oxygen atoms in total. The van der Waals surface area contributed by atoms with Gasteiger partial charge < -0.3 is 10.2 Å². The second kappa shape index (κ2) is 3.96. The van der Waals surface area contributed by atoms with Gasteiger partial charge >= 0.3 is 0 Å². The van der Waals surface area contributed by atoms with Crippen LogP contribution in [0.3, 0.4) is 0 Å². The highest BCUT2D eigenvalue weighted by Gasteiger charge is 2.32. The number of nitrogens with zero attached hydrogens (tertiary/aromatic N) is 1. The zero-order chi connectivity index (χ0) is 10.0. The minimum atomic E-state index is -0.474. The zero-order valence-electron chi connectivity index (χ0n) is 7.71. The molecule has 0 aliphatic carbocycles. The maximum atomic E-state index is 11.2. The molecule has 0 spiro atoms. The van der Waals surface area contributed by atoms with Crippen molar-refractivity contribution in [1.29, 1.82) is 0 Å². The molecule has 2 amide bonds. The van der Waals surface area contributed by atoms with E-state index in [0.717, 1.165) is 0 Å². The van der Waals surface area contributed by atoms with Gasteiger partial charge in [-0.1, -0.05) is 0 Å². The summed E-state index contributed by atoms with van der Waals surface area (Å²) in [5, 5.41) is 2.25. The number of likely N-dealkylation sites (tertiary alicyclic amines) is 1. The van der Waals surface area contributed by atoms with Crippen LogP contribution in [0.15, 0.2) is 0 Å². The van der Waals surface area contributed by atoms with Gasteiger partial charge in [-0.25, -0.2) is 0 Å². The maximum absolute atomic E-state index is 11.2. The fourth-order valence-electron chi connectivity index (χ4n) is 1.29. The van der Waals surface area contributed by atoms with E-state index in [-0.39, 0.29) is 17.9 Å². The molecule has 1 aliphatic rings. The van der Waals surface area contributed by atoms with Gasteiger partial charge in [0.05, 0.1) is 6.04 Å². The number of hydrogen-bond donors (Lipinski definition) is 1. The lowest BCUT2D eigenvalue weighted by atomic mass is 10.1. The molecule has 0 saturated carbocycles. The van der Waals surface area contributed by atoms with Crippen molar-refractivity contribution in [1.82, 2.24) is 10.2 Å². The SMILES string of the molecule is CC(=O)NC1CN(C(=O)C(C)Cl)C1. The molecule has 1 rings (SSSR count). The third-order valence-electron chi connectivity index (χ3n) is 1.94. The van der Waals surface area contributed by atoms with Crippen LogP contribution in [0.25, 0.3) is 0 Å². The number of alkyl halides is 1. The van der Waals surface area contributed by atoms with Crippen molar-refractivity contribution >= 4 is 23.4 Å². The quantitative estimate of drug-likeness (QED) is 0.642. The molecule has 1 fully saturated rings. The van der Waals surface area contributed by atoms with E-state index in [2.05, 4.69) is 5.32 Å². The van der Waals surface area contributed by atoms with E-state index >= 15 is 0 Å². The number of nitrogens with one attached hydrogen (secondary N) is 1. The second-order valence-electron chi connectivity index (χ2n) is 3.26. The third kappa shape index (κ3) is 2.59. The molecule has 74 valence electrons. The molecule has 1 N–H and O–H groups in total. The van der Waals surface area contributed by atoms with E-state index in [9.17, 15) is 9.59 Å². The summed E-state index contributed by atoms with van der Waals surface area (Å²) >= 11 is 5.61. The van der Waals surface area contributed by atoms with E-state index in [4.69, 9.17) is 11.6 Å². The highest BCUT2D eigenvalue weighted by atomic mass is 35.5. The largest absolute Gasteiger partial charge is 0.350 e. The van der Waals surface area contributed by atoms with Gasteiger partial charge in [0, 0.05) is 20.0 Å². The Morgan fingerprint density at radius 3 is 2.46 bits per heavy atom. The van der Waals surface area contributed by atoms with Gasteiger partial charge in [-0.05, 0) is 6.92 Å². The molecule has 5 heteroatoms. The van der Waals surface area contributed by atoms with E-state index in [1.54, 1.807) is 11.8 Å². The predicted molar refractivity (Wildman–Crippen MR) is 49.5 cm³/mol. The predicted octanol–water partition coefficient (Wildman–Crippen LogP) is -0.0394. The summed E-state index contributed by atoms with van der Waals surface area (Å²) in [5.74, 6) is -0.126. The first kappa shape index (κ1) is 10.3. The lowest BCUT2D eigenvalue weighted by Gasteiger charge is -2.39. The Balaban J connectivity index is 2.25. The summed E-state index contributed by atoms with van der Waals surface area (Å²) in [6.07, 6.45) is 0. The van der Waals surface area contributed by atoms with E-state index < -0.39 is 5.38 Å². The minimum Gasteiger partial charge on any atom is -0.350 e. The zero-order valence-corrected chi connectivity index (χ0v) is 8.47. The number of hydrogen-bond acceptors (Lipinski definition) is 2. The number of halogens is 1. The third-order valence-corrected chi connectivity index (χ3v) is 2.13. The Morgan fingerprint density at radius 2 is 2.08 bits per heavy atom. The number of carbonyl (C=O) groups is 2. The van der Waals surface area contributed by atoms with Crippen LogP contribution >= 0.6 is 11.6 Å². The average molecular weight is 205 g/mol. The smallest absolute Gasteiger partial charge is 0.240 e. The van der Waals surface area contributed by atoms with Crippen LogP contribution in [0.5, 0.6) is 0 Å². The first-order valence-corrected chi connectivity index (χ1v) is 4.64. The Bertz CT molecular complexity index is 224. The van der Waals surface area contributed by atoms with Crippen molar-refractivity contribution in [2.24, 2.45) is 0 Å². The van der Waals surface area contributed by atoms with Crippen LogP contribution in [0.2, 0.25) is 0 Å². The molecular formula is C8H13ClN2O2. The first-order chi connectivity index (χ1) is 6.00. The molecule has 1 aliphatic heterocycles. The molecule has 13 heavy (non-hydrogen) atoms. The highest BCUT2D eigenvalue weighted by Crippen LogP contribution is 2.11. The van der Waals surface area contributed by atoms with Crippen LogP contribution in [0, 0.1) is 0 Å².